The number of anilines is 2. The van der Waals surface area contributed by atoms with Gasteiger partial charge in [-0.3, -0.25) is 4.79 Å². The fourth-order valence-corrected chi connectivity index (χ4v) is 1.86. The maximum Gasteiger partial charge on any atom is 0.255 e. The van der Waals surface area contributed by atoms with E-state index in [1.165, 1.54) is 18.2 Å². The lowest BCUT2D eigenvalue weighted by molar-refractivity contribution is 0.102. The summed E-state index contributed by atoms with van der Waals surface area (Å²) in [6, 6.07) is 10.9. The summed E-state index contributed by atoms with van der Waals surface area (Å²) in [5.74, 6) is -0.909. The summed E-state index contributed by atoms with van der Waals surface area (Å²) in [6.45, 7) is 0. The van der Waals surface area contributed by atoms with Crippen LogP contribution in [0.5, 0.6) is 0 Å². The van der Waals surface area contributed by atoms with Crippen molar-refractivity contribution in [3.63, 3.8) is 0 Å². The molecule has 3 N–H and O–H groups in total. The average molecular weight is 309 g/mol. The molecular weight excluding hydrogens is 299 g/mol. The van der Waals surface area contributed by atoms with Gasteiger partial charge < -0.3 is 11.1 Å². The first-order valence-corrected chi connectivity index (χ1v) is 5.97. The van der Waals surface area contributed by atoms with Crippen LogP contribution in [0.25, 0.3) is 0 Å². The van der Waals surface area contributed by atoms with Gasteiger partial charge in [-0.25, -0.2) is 4.39 Å². The first kappa shape index (κ1) is 12.6. The molecule has 0 unspecified atom stereocenters. The van der Waals surface area contributed by atoms with Crippen molar-refractivity contribution in [2.75, 3.05) is 11.1 Å². The molecule has 2 aromatic rings. The standard InChI is InChI=1S/C13H10BrFN2O/c14-9-3-1-2-8(6-9)13(18)17-12-7-10(16)4-5-11(12)15/h1-7H,16H2,(H,17,18). The fourth-order valence-electron chi connectivity index (χ4n) is 1.46. The molecule has 2 aromatic carbocycles. The van der Waals surface area contributed by atoms with Crippen molar-refractivity contribution in [3.8, 4) is 0 Å². The van der Waals surface area contributed by atoms with Gasteiger partial charge >= 0.3 is 0 Å². The molecule has 92 valence electrons. The Balaban J connectivity index is 2.24. The SMILES string of the molecule is Nc1ccc(F)c(NC(=O)c2cccc(Br)c2)c1. The van der Waals surface area contributed by atoms with Crippen molar-refractivity contribution in [1.82, 2.24) is 0 Å². The molecule has 18 heavy (non-hydrogen) atoms. The van der Waals surface area contributed by atoms with Gasteiger partial charge in [-0.15, -0.1) is 0 Å². The number of benzene rings is 2. The normalized spacial score (nSPS) is 10.1. The number of carbonyl (C=O) groups excluding carboxylic acids is 1. The summed E-state index contributed by atoms with van der Waals surface area (Å²) in [5, 5.41) is 2.48. The highest BCUT2D eigenvalue weighted by Crippen LogP contribution is 2.19. The zero-order chi connectivity index (χ0) is 13.1. The maximum atomic E-state index is 13.4. The number of hydrogen-bond acceptors (Lipinski definition) is 2. The lowest BCUT2D eigenvalue weighted by Gasteiger charge is -2.07. The second kappa shape index (κ2) is 5.18. The van der Waals surface area contributed by atoms with E-state index in [0.717, 1.165) is 4.47 Å². The number of nitrogen functional groups attached to an aromatic ring is 1. The molecule has 0 saturated heterocycles. The monoisotopic (exact) mass is 308 g/mol. The van der Waals surface area contributed by atoms with Crippen LogP contribution in [-0.2, 0) is 0 Å². The molecule has 0 heterocycles. The third-order valence-electron chi connectivity index (χ3n) is 2.33. The van der Waals surface area contributed by atoms with E-state index in [-0.39, 0.29) is 11.6 Å². The van der Waals surface area contributed by atoms with Crippen LogP contribution in [0, 0.1) is 5.82 Å². The van der Waals surface area contributed by atoms with Crippen LogP contribution in [0.3, 0.4) is 0 Å². The van der Waals surface area contributed by atoms with Gasteiger partial charge in [-0.2, -0.15) is 0 Å². The van der Waals surface area contributed by atoms with Gasteiger partial charge in [0.15, 0.2) is 0 Å². The topological polar surface area (TPSA) is 55.1 Å². The van der Waals surface area contributed by atoms with Crippen LogP contribution in [0.15, 0.2) is 46.9 Å². The van der Waals surface area contributed by atoms with Crippen LogP contribution in [0.1, 0.15) is 10.4 Å². The summed E-state index contributed by atoms with van der Waals surface area (Å²) in [5.41, 5.74) is 6.44. The fraction of sp³-hybridized carbons (Fsp3) is 0. The van der Waals surface area contributed by atoms with Crippen molar-refractivity contribution in [1.29, 1.82) is 0 Å². The van der Waals surface area contributed by atoms with E-state index in [2.05, 4.69) is 21.2 Å². The number of nitrogens with two attached hydrogens (primary N) is 1. The van der Waals surface area contributed by atoms with Crippen LogP contribution < -0.4 is 11.1 Å². The molecule has 0 saturated carbocycles. The summed E-state index contributed by atoms with van der Waals surface area (Å²) in [4.78, 5) is 11.9. The van der Waals surface area contributed by atoms with Gasteiger partial charge in [0.25, 0.3) is 5.91 Å². The van der Waals surface area contributed by atoms with Gasteiger partial charge in [0.05, 0.1) is 5.69 Å². The minimum absolute atomic E-state index is 0.0694. The highest BCUT2D eigenvalue weighted by atomic mass is 79.9. The van der Waals surface area contributed by atoms with E-state index in [1.54, 1.807) is 24.3 Å². The van der Waals surface area contributed by atoms with Crippen LogP contribution in [0.4, 0.5) is 15.8 Å². The van der Waals surface area contributed by atoms with Gasteiger partial charge in [-0.1, -0.05) is 22.0 Å². The molecule has 1 amide bonds. The van der Waals surface area contributed by atoms with Gasteiger partial charge in [0, 0.05) is 15.7 Å². The number of nitrogens with one attached hydrogen (secondary N) is 1. The van der Waals surface area contributed by atoms with Crippen molar-refractivity contribution in [2.24, 2.45) is 0 Å². The molecule has 0 bridgehead atoms. The predicted molar refractivity (Wildman–Crippen MR) is 72.9 cm³/mol. The third kappa shape index (κ3) is 2.87. The quantitative estimate of drug-likeness (QED) is 0.835. The molecule has 2 rings (SSSR count). The Morgan fingerprint density at radius 1 is 1.22 bits per heavy atom. The highest BCUT2D eigenvalue weighted by Gasteiger charge is 2.09. The van der Waals surface area contributed by atoms with E-state index in [4.69, 9.17) is 5.73 Å². The third-order valence-corrected chi connectivity index (χ3v) is 2.82. The van der Waals surface area contributed by atoms with Gasteiger partial charge in [0.1, 0.15) is 5.82 Å². The smallest absolute Gasteiger partial charge is 0.255 e. The zero-order valence-corrected chi connectivity index (χ0v) is 10.9. The van der Waals surface area contributed by atoms with E-state index < -0.39 is 5.82 Å². The number of rotatable bonds is 2. The first-order chi connectivity index (χ1) is 8.56. The van der Waals surface area contributed by atoms with Crippen molar-refractivity contribution >= 4 is 33.2 Å². The highest BCUT2D eigenvalue weighted by molar-refractivity contribution is 9.10. The number of amides is 1. The van der Waals surface area contributed by atoms with Gasteiger partial charge in [-0.05, 0) is 36.4 Å². The Morgan fingerprint density at radius 2 is 2.00 bits per heavy atom. The first-order valence-electron chi connectivity index (χ1n) is 5.18. The lowest BCUT2D eigenvalue weighted by atomic mass is 10.2. The van der Waals surface area contributed by atoms with Crippen molar-refractivity contribution < 1.29 is 9.18 Å². The average Bonchev–Trinajstić information content (AvgIpc) is 2.34. The maximum absolute atomic E-state index is 13.4. The lowest BCUT2D eigenvalue weighted by Crippen LogP contribution is -2.13. The Morgan fingerprint density at radius 3 is 2.72 bits per heavy atom. The molecule has 3 nitrogen and oxygen atoms in total. The van der Waals surface area contributed by atoms with E-state index in [0.29, 0.717) is 11.3 Å². The summed E-state index contributed by atoms with van der Waals surface area (Å²) >= 11 is 3.27. The predicted octanol–water partition coefficient (Wildman–Crippen LogP) is 3.42. The van der Waals surface area contributed by atoms with Crippen LogP contribution in [-0.4, -0.2) is 5.91 Å². The van der Waals surface area contributed by atoms with Crippen LogP contribution >= 0.6 is 15.9 Å². The molecule has 0 fully saturated rings. The molecule has 0 aliphatic heterocycles. The van der Waals surface area contributed by atoms with E-state index >= 15 is 0 Å². The molecule has 0 atom stereocenters. The Labute approximate surface area is 112 Å². The van der Waals surface area contributed by atoms with Crippen LogP contribution in [0.2, 0.25) is 0 Å². The molecule has 0 aliphatic rings. The number of halogens is 2. The molecule has 0 spiro atoms. The molecule has 0 aliphatic carbocycles. The Kier molecular flexibility index (Phi) is 3.62. The molecular formula is C13H10BrFN2O. The molecule has 0 aromatic heterocycles. The second-order valence-corrected chi connectivity index (χ2v) is 4.62. The van der Waals surface area contributed by atoms with Crippen molar-refractivity contribution in [3.05, 3.63) is 58.3 Å². The Bertz CT molecular complexity index is 601. The molecule has 0 radical (unpaired) electrons. The minimum Gasteiger partial charge on any atom is -0.399 e. The molecule has 5 heteroatoms. The largest absolute Gasteiger partial charge is 0.399 e. The second-order valence-electron chi connectivity index (χ2n) is 3.70. The van der Waals surface area contributed by atoms with E-state index in [9.17, 15) is 9.18 Å². The Hall–Kier alpha value is -1.88. The van der Waals surface area contributed by atoms with Gasteiger partial charge in [0.2, 0.25) is 0 Å². The summed E-state index contributed by atoms with van der Waals surface area (Å²) in [6.07, 6.45) is 0. The summed E-state index contributed by atoms with van der Waals surface area (Å²) < 4.78 is 14.2. The number of carbonyl (C=O) groups is 1. The summed E-state index contributed by atoms with van der Waals surface area (Å²) in [7, 11) is 0. The minimum atomic E-state index is -0.521. The zero-order valence-electron chi connectivity index (χ0n) is 9.28. The number of hydrogen-bond donors (Lipinski definition) is 2. The van der Waals surface area contributed by atoms with Crippen molar-refractivity contribution in [2.45, 2.75) is 0 Å². The van der Waals surface area contributed by atoms with E-state index in [1.807, 2.05) is 0 Å².